The van der Waals surface area contributed by atoms with Crippen LogP contribution in [0.1, 0.15) is 38.7 Å². The van der Waals surface area contributed by atoms with Gasteiger partial charge >= 0.3 is 5.97 Å². The fraction of sp³-hybridized carbons (Fsp3) is 0.389. The van der Waals surface area contributed by atoms with E-state index in [0.717, 1.165) is 22.6 Å². The molecule has 0 atom stereocenters. The molecule has 0 spiro atoms. The maximum absolute atomic E-state index is 12.4. The van der Waals surface area contributed by atoms with E-state index >= 15 is 0 Å². The van der Waals surface area contributed by atoms with Crippen molar-refractivity contribution in [1.82, 2.24) is 29.3 Å². The summed E-state index contributed by atoms with van der Waals surface area (Å²) in [6.45, 7) is 8.18. The minimum absolute atomic E-state index is 0.0372. The molecule has 0 saturated heterocycles. The molecule has 0 fully saturated rings. The second-order valence-corrected chi connectivity index (χ2v) is 6.76. The van der Waals surface area contributed by atoms with Crippen LogP contribution in [0.5, 0.6) is 0 Å². The monoisotopic (exact) mass is 385 g/mol. The van der Waals surface area contributed by atoms with Crippen molar-refractivity contribution < 1.29 is 14.7 Å². The number of anilines is 1. The molecule has 0 saturated carbocycles. The van der Waals surface area contributed by atoms with Crippen LogP contribution in [0.3, 0.4) is 0 Å². The third-order valence-corrected chi connectivity index (χ3v) is 4.80. The summed E-state index contributed by atoms with van der Waals surface area (Å²) in [6, 6.07) is 0. The van der Waals surface area contributed by atoms with Gasteiger partial charge in [0.25, 0.3) is 0 Å². The van der Waals surface area contributed by atoms with Gasteiger partial charge in [0, 0.05) is 24.5 Å². The molecule has 10 heteroatoms. The predicted molar refractivity (Wildman–Crippen MR) is 101 cm³/mol. The third kappa shape index (κ3) is 3.66. The summed E-state index contributed by atoms with van der Waals surface area (Å²) in [5, 5.41) is 24.7. The lowest BCUT2D eigenvalue weighted by Gasteiger charge is -2.08. The molecule has 0 aromatic carbocycles. The van der Waals surface area contributed by atoms with Crippen LogP contribution in [-0.4, -0.2) is 46.3 Å². The molecule has 3 heterocycles. The number of carboxylic acid groups (broad SMARTS) is 1. The summed E-state index contributed by atoms with van der Waals surface area (Å²) < 4.78 is 4.98. The fourth-order valence-electron chi connectivity index (χ4n) is 3.11. The van der Waals surface area contributed by atoms with Gasteiger partial charge in [0.05, 0.1) is 41.1 Å². The molecule has 3 rings (SSSR count). The van der Waals surface area contributed by atoms with Crippen molar-refractivity contribution in [3.63, 3.8) is 0 Å². The second kappa shape index (κ2) is 7.29. The average Bonchev–Trinajstić information content (AvgIpc) is 3.25. The SMILES string of the molecule is Cc1nn(C)c(C)c1Cn1nc(C)c(NC(=O)Cn2cc(C(=O)O)cn2)c1C. The Labute approximate surface area is 161 Å². The Morgan fingerprint density at radius 3 is 2.39 bits per heavy atom. The minimum Gasteiger partial charge on any atom is -0.478 e. The zero-order valence-corrected chi connectivity index (χ0v) is 16.5. The van der Waals surface area contributed by atoms with Crippen LogP contribution in [-0.2, 0) is 24.9 Å². The minimum atomic E-state index is -1.08. The molecule has 0 bridgehead atoms. The van der Waals surface area contributed by atoms with Crippen LogP contribution >= 0.6 is 0 Å². The summed E-state index contributed by atoms with van der Waals surface area (Å²) in [5.74, 6) is -1.39. The van der Waals surface area contributed by atoms with E-state index in [1.54, 1.807) is 0 Å². The molecule has 0 radical (unpaired) electrons. The van der Waals surface area contributed by atoms with E-state index in [0.29, 0.717) is 17.9 Å². The van der Waals surface area contributed by atoms with Crippen LogP contribution in [0.4, 0.5) is 5.69 Å². The smallest absolute Gasteiger partial charge is 0.338 e. The lowest BCUT2D eigenvalue weighted by atomic mass is 10.2. The Kier molecular flexibility index (Phi) is 5.04. The van der Waals surface area contributed by atoms with Gasteiger partial charge in [-0.15, -0.1) is 0 Å². The fourth-order valence-corrected chi connectivity index (χ4v) is 3.11. The molecule has 0 unspecified atom stereocenters. The lowest BCUT2D eigenvalue weighted by molar-refractivity contribution is -0.116. The Balaban J connectivity index is 1.75. The number of hydrogen-bond donors (Lipinski definition) is 2. The van der Waals surface area contributed by atoms with E-state index in [1.807, 2.05) is 44.1 Å². The zero-order valence-electron chi connectivity index (χ0n) is 16.5. The van der Waals surface area contributed by atoms with Gasteiger partial charge in [0.2, 0.25) is 5.91 Å². The summed E-state index contributed by atoms with van der Waals surface area (Å²) >= 11 is 0. The number of amides is 1. The first kappa shape index (κ1) is 19.3. The maximum Gasteiger partial charge on any atom is 0.338 e. The first-order valence-corrected chi connectivity index (χ1v) is 8.76. The number of nitrogens with zero attached hydrogens (tertiary/aromatic N) is 6. The Morgan fingerprint density at radius 2 is 1.82 bits per heavy atom. The second-order valence-electron chi connectivity index (χ2n) is 6.76. The van der Waals surface area contributed by atoms with Crippen LogP contribution in [0.25, 0.3) is 0 Å². The Hall–Kier alpha value is -3.43. The number of aromatic nitrogens is 6. The van der Waals surface area contributed by atoms with Gasteiger partial charge in [-0.25, -0.2) is 4.79 Å². The number of aromatic carboxylic acids is 1. The molecule has 0 aliphatic rings. The highest BCUT2D eigenvalue weighted by Gasteiger charge is 2.18. The van der Waals surface area contributed by atoms with Gasteiger partial charge in [0.15, 0.2) is 0 Å². The van der Waals surface area contributed by atoms with E-state index in [9.17, 15) is 9.59 Å². The lowest BCUT2D eigenvalue weighted by Crippen LogP contribution is -2.20. The quantitative estimate of drug-likeness (QED) is 0.662. The van der Waals surface area contributed by atoms with Crippen molar-refractivity contribution in [2.45, 2.75) is 40.8 Å². The summed E-state index contributed by atoms with van der Waals surface area (Å²) in [6.07, 6.45) is 2.53. The Morgan fingerprint density at radius 1 is 1.11 bits per heavy atom. The zero-order chi connectivity index (χ0) is 20.6. The maximum atomic E-state index is 12.4. The molecule has 28 heavy (non-hydrogen) atoms. The van der Waals surface area contributed by atoms with Crippen LogP contribution in [0.15, 0.2) is 12.4 Å². The van der Waals surface area contributed by atoms with Crippen LogP contribution in [0.2, 0.25) is 0 Å². The number of hydrogen-bond acceptors (Lipinski definition) is 5. The molecular weight excluding hydrogens is 362 g/mol. The summed E-state index contributed by atoms with van der Waals surface area (Å²) in [7, 11) is 1.91. The van der Waals surface area contributed by atoms with Gasteiger partial charge in [-0.05, 0) is 27.7 Å². The molecule has 10 nitrogen and oxygen atoms in total. The standard InChI is InChI=1S/C18H23N7O3/c1-10-15(12(3)23(5)21-10)8-25-13(4)17(11(2)22-25)20-16(26)9-24-7-14(6-19-24)18(27)28/h6-7H,8-9H2,1-5H3,(H,20,26)(H,27,28). The molecule has 3 aromatic rings. The molecule has 2 N–H and O–H groups in total. The van der Waals surface area contributed by atoms with Crippen LogP contribution in [0, 0.1) is 27.7 Å². The number of nitrogens with one attached hydrogen (secondary N) is 1. The van der Waals surface area contributed by atoms with E-state index in [2.05, 4.69) is 20.6 Å². The van der Waals surface area contributed by atoms with E-state index in [-0.39, 0.29) is 18.0 Å². The first-order valence-electron chi connectivity index (χ1n) is 8.76. The first-order chi connectivity index (χ1) is 13.2. The third-order valence-electron chi connectivity index (χ3n) is 4.80. The van der Waals surface area contributed by atoms with Crippen molar-refractivity contribution in [1.29, 1.82) is 0 Å². The number of carboxylic acids is 1. The van der Waals surface area contributed by atoms with Crippen LogP contribution < -0.4 is 5.32 Å². The molecule has 0 aliphatic carbocycles. The molecule has 148 valence electrons. The normalized spacial score (nSPS) is 11.0. The van der Waals surface area contributed by atoms with Crippen molar-refractivity contribution in [2.24, 2.45) is 7.05 Å². The average molecular weight is 385 g/mol. The van der Waals surface area contributed by atoms with Gasteiger partial charge in [0.1, 0.15) is 6.54 Å². The summed E-state index contributed by atoms with van der Waals surface area (Å²) in [5.41, 5.74) is 5.35. The van der Waals surface area contributed by atoms with E-state index in [1.165, 1.54) is 17.1 Å². The molecule has 1 amide bonds. The summed E-state index contributed by atoms with van der Waals surface area (Å²) in [4.78, 5) is 23.3. The molecule has 3 aromatic heterocycles. The Bertz CT molecular complexity index is 1060. The van der Waals surface area contributed by atoms with Gasteiger partial charge in [-0.3, -0.25) is 18.8 Å². The van der Waals surface area contributed by atoms with Crippen molar-refractivity contribution in [3.8, 4) is 0 Å². The van der Waals surface area contributed by atoms with Crippen molar-refractivity contribution in [2.75, 3.05) is 5.32 Å². The number of carbonyl (C=O) groups is 2. The highest BCUT2D eigenvalue weighted by Crippen LogP contribution is 2.22. The predicted octanol–water partition coefficient (Wildman–Crippen LogP) is 1.43. The van der Waals surface area contributed by atoms with Crippen molar-refractivity contribution in [3.05, 3.63) is 46.3 Å². The number of rotatable bonds is 6. The molecule has 0 aliphatic heterocycles. The highest BCUT2D eigenvalue weighted by atomic mass is 16.4. The van der Waals surface area contributed by atoms with Gasteiger partial charge in [-0.1, -0.05) is 0 Å². The van der Waals surface area contributed by atoms with Crippen molar-refractivity contribution >= 4 is 17.6 Å². The largest absolute Gasteiger partial charge is 0.478 e. The number of carbonyl (C=O) groups excluding carboxylic acids is 1. The van der Waals surface area contributed by atoms with Gasteiger partial charge in [-0.2, -0.15) is 15.3 Å². The van der Waals surface area contributed by atoms with Gasteiger partial charge < -0.3 is 10.4 Å². The van der Waals surface area contributed by atoms with E-state index in [4.69, 9.17) is 5.11 Å². The highest BCUT2D eigenvalue weighted by molar-refractivity contribution is 5.92. The van der Waals surface area contributed by atoms with E-state index < -0.39 is 5.97 Å². The topological polar surface area (TPSA) is 120 Å². The number of aryl methyl sites for hydroxylation is 3. The molecular formula is C18H23N7O3.